The third kappa shape index (κ3) is 4.71. The normalized spacial score (nSPS) is 19.0. The summed E-state index contributed by atoms with van der Waals surface area (Å²) in [6, 6.07) is 8.13. The summed E-state index contributed by atoms with van der Waals surface area (Å²) >= 11 is 5.97. The number of piperidine rings is 1. The lowest BCUT2D eigenvalue weighted by molar-refractivity contribution is -0.159. The number of hydrogen-bond donors (Lipinski definition) is 0. The first-order valence-electron chi connectivity index (χ1n) is 8.65. The lowest BCUT2D eigenvalue weighted by Gasteiger charge is -2.42. The van der Waals surface area contributed by atoms with Crippen molar-refractivity contribution in [3.63, 3.8) is 0 Å². The molecule has 1 aromatic carbocycles. The molecule has 1 heterocycles. The minimum atomic E-state index is -0.437. The zero-order valence-electron chi connectivity index (χ0n) is 14.9. The van der Waals surface area contributed by atoms with Crippen molar-refractivity contribution in [1.29, 1.82) is 0 Å². The van der Waals surface area contributed by atoms with Crippen LogP contribution in [0.25, 0.3) is 0 Å². The van der Waals surface area contributed by atoms with E-state index in [1.807, 2.05) is 31.2 Å². The number of rotatable bonds is 7. The van der Waals surface area contributed by atoms with E-state index in [4.69, 9.17) is 21.1 Å². The van der Waals surface area contributed by atoms with Crippen molar-refractivity contribution >= 4 is 17.6 Å². The first-order valence-corrected chi connectivity index (χ1v) is 9.03. The van der Waals surface area contributed by atoms with Gasteiger partial charge in [-0.05, 0) is 63.9 Å². The van der Waals surface area contributed by atoms with Crippen molar-refractivity contribution in [1.82, 2.24) is 4.90 Å². The van der Waals surface area contributed by atoms with Gasteiger partial charge in [0, 0.05) is 18.2 Å². The number of carbonyl (C=O) groups excluding carboxylic acids is 1. The van der Waals surface area contributed by atoms with E-state index in [0.717, 1.165) is 31.5 Å². The monoisotopic (exact) mass is 353 g/mol. The van der Waals surface area contributed by atoms with Crippen LogP contribution in [0.4, 0.5) is 0 Å². The molecule has 0 bridgehead atoms. The van der Waals surface area contributed by atoms with E-state index in [1.54, 1.807) is 7.11 Å². The van der Waals surface area contributed by atoms with E-state index in [1.165, 1.54) is 0 Å². The second-order valence-corrected chi connectivity index (χ2v) is 7.08. The fourth-order valence-electron chi connectivity index (χ4n) is 3.47. The first-order chi connectivity index (χ1) is 11.5. The molecule has 134 valence electrons. The van der Waals surface area contributed by atoms with E-state index < -0.39 is 5.41 Å². The Labute approximate surface area is 150 Å². The van der Waals surface area contributed by atoms with Crippen LogP contribution in [0.15, 0.2) is 24.3 Å². The van der Waals surface area contributed by atoms with Crippen LogP contribution < -0.4 is 0 Å². The number of esters is 1. The summed E-state index contributed by atoms with van der Waals surface area (Å²) in [5, 5.41) is 0.715. The number of halogens is 1. The molecule has 0 aliphatic carbocycles. The molecule has 0 N–H and O–H groups in total. The van der Waals surface area contributed by atoms with Crippen molar-refractivity contribution < 1.29 is 14.3 Å². The van der Waals surface area contributed by atoms with Crippen molar-refractivity contribution in [2.45, 2.75) is 39.2 Å². The molecule has 4 nitrogen and oxygen atoms in total. The van der Waals surface area contributed by atoms with E-state index in [-0.39, 0.29) is 5.97 Å². The Kier molecular flexibility index (Phi) is 7.08. The second kappa shape index (κ2) is 8.84. The van der Waals surface area contributed by atoms with Crippen LogP contribution in [0.1, 0.15) is 32.3 Å². The largest absolute Gasteiger partial charge is 0.466 e. The molecule has 2 rings (SSSR count). The molecule has 1 atom stereocenters. The molecule has 0 spiro atoms. The lowest BCUT2D eigenvalue weighted by Crippen LogP contribution is -2.49. The Morgan fingerprint density at radius 1 is 1.29 bits per heavy atom. The van der Waals surface area contributed by atoms with Gasteiger partial charge in [-0.25, -0.2) is 0 Å². The smallest absolute Gasteiger partial charge is 0.312 e. The van der Waals surface area contributed by atoms with Crippen LogP contribution in [-0.2, 0) is 20.7 Å². The summed E-state index contributed by atoms with van der Waals surface area (Å²) in [7, 11) is 1.73. The van der Waals surface area contributed by atoms with E-state index in [9.17, 15) is 4.79 Å². The fourth-order valence-corrected chi connectivity index (χ4v) is 3.60. The molecule has 0 aromatic heterocycles. The maximum Gasteiger partial charge on any atom is 0.312 e. The number of hydrogen-bond acceptors (Lipinski definition) is 4. The summed E-state index contributed by atoms with van der Waals surface area (Å²) in [5.74, 6) is -0.0704. The highest BCUT2D eigenvalue weighted by Crippen LogP contribution is 2.37. The molecule has 1 aliphatic rings. The maximum absolute atomic E-state index is 12.7. The summed E-state index contributed by atoms with van der Waals surface area (Å²) in [6.45, 7) is 6.94. The summed E-state index contributed by atoms with van der Waals surface area (Å²) in [6.07, 6.45) is 2.32. The van der Waals surface area contributed by atoms with E-state index in [2.05, 4.69) is 11.8 Å². The van der Waals surface area contributed by atoms with Gasteiger partial charge in [0.25, 0.3) is 0 Å². The maximum atomic E-state index is 12.7. The van der Waals surface area contributed by atoms with Gasteiger partial charge < -0.3 is 9.47 Å². The number of methoxy groups -OCH3 is 1. The van der Waals surface area contributed by atoms with Gasteiger partial charge >= 0.3 is 5.97 Å². The molecule has 5 heteroatoms. The average molecular weight is 354 g/mol. The molecule has 1 aliphatic heterocycles. The first kappa shape index (κ1) is 19.2. The molecule has 24 heavy (non-hydrogen) atoms. The van der Waals surface area contributed by atoms with Crippen molar-refractivity contribution in [2.24, 2.45) is 5.41 Å². The van der Waals surface area contributed by atoms with Crippen LogP contribution in [0, 0.1) is 5.41 Å². The highest BCUT2D eigenvalue weighted by atomic mass is 35.5. The molecule has 1 aromatic rings. The van der Waals surface area contributed by atoms with Crippen LogP contribution >= 0.6 is 11.6 Å². The molecular weight excluding hydrogens is 326 g/mol. The highest BCUT2D eigenvalue weighted by Gasteiger charge is 2.43. The predicted octanol–water partition coefficient (Wildman–Crippen LogP) is 3.56. The predicted molar refractivity (Wildman–Crippen MR) is 96.4 cm³/mol. The van der Waals surface area contributed by atoms with Crippen molar-refractivity contribution in [3.8, 4) is 0 Å². The van der Waals surface area contributed by atoms with E-state index in [0.29, 0.717) is 30.7 Å². The van der Waals surface area contributed by atoms with Gasteiger partial charge in [0.15, 0.2) is 0 Å². The SMILES string of the molecule is CCOC(=O)C1(Cc2ccc(Cl)cc2)CCN([C@@H](C)COC)CC1. The standard InChI is InChI=1S/C19H28ClNO3/c1-4-24-18(22)19(13-16-5-7-17(20)8-6-16)9-11-21(12-10-19)15(2)14-23-3/h5-8,15H,4,9-14H2,1-3H3/t15-/m0/s1. The van der Waals surface area contributed by atoms with Crippen LogP contribution in [-0.4, -0.2) is 50.3 Å². The Morgan fingerprint density at radius 2 is 1.92 bits per heavy atom. The zero-order valence-corrected chi connectivity index (χ0v) is 15.6. The molecule has 0 unspecified atom stereocenters. The molecule has 1 fully saturated rings. The van der Waals surface area contributed by atoms with Gasteiger partial charge in [0.05, 0.1) is 18.6 Å². The van der Waals surface area contributed by atoms with Crippen LogP contribution in [0.2, 0.25) is 5.02 Å². The van der Waals surface area contributed by atoms with Gasteiger partial charge in [-0.2, -0.15) is 0 Å². The highest BCUT2D eigenvalue weighted by molar-refractivity contribution is 6.30. The Morgan fingerprint density at radius 3 is 2.46 bits per heavy atom. The molecular formula is C19H28ClNO3. The van der Waals surface area contributed by atoms with Crippen LogP contribution in [0.3, 0.4) is 0 Å². The molecule has 0 amide bonds. The average Bonchev–Trinajstić information content (AvgIpc) is 2.58. The fraction of sp³-hybridized carbons (Fsp3) is 0.632. The van der Waals surface area contributed by atoms with Crippen LogP contribution in [0.5, 0.6) is 0 Å². The number of carbonyl (C=O) groups is 1. The quantitative estimate of drug-likeness (QED) is 0.702. The van der Waals surface area contributed by atoms with Crippen molar-refractivity contribution in [2.75, 3.05) is 33.4 Å². The number of likely N-dealkylation sites (tertiary alicyclic amines) is 1. The summed E-state index contributed by atoms with van der Waals surface area (Å²) < 4.78 is 10.7. The second-order valence-electron chi connectivity index (χ2n) is 6.64. The Hall–Kier alpha value is -1.10. The minimum absolute atomic E-state index is 0.0704. The van der Waals surface area contributed by atoms with Gasteiger partial charge in [-0.3, -0.25) is 9.69 Å². The zero-order chi connectivity index (χ0) is 17.6. The summed E-state index contributed by atoms with van der Waals surface area (Å²) in [4.78, 5) is 15.1. The summed E-state index contributed by atoms with van der Waals surface area (Å²) in [5.41, 5.74) is 0.693. The Balaban J connectivity index is 2.11. The van der Waals surface area contributed by atoms with Gasteiger partial charge in [0.2, 0.25) is 0 Å². The molecule has 0 saturated carbocycles. The third-order valence-electron chi connectivity index (χ3n) is 4.95. The molecule has 0 radical (unpaired) electrons. The number of ether oxygens (including phenoxy) is 2. The third-order valence-corrected chi connectivity index (χ3v) is 5.20. The topological polar surface area (TPSA) is 38.8 Å². The van der Waals surface area contributed by atoms with Gasteiger partial charge in [-0.15, -0.1) is 0 Å². The van der Waals surface area contributed by atoms with Crippen molar-refractivity contribution in [3.05, 3.63) is 34.9 Å². The van der Waals surface area contributed by atoms with E-state index >= 15 is 0 Å². The number of nitrogens with zero attached hydrogens (tertiary/aromatic N) is 1. The van der Waals surface area contributed by atoms with Gasteiger partial charge in [-0.1, -0.05) is 23.7 Å². The number of benzene rings is 1. The lowest BCUT2D eigenvalue weighted by atomic mass is 9.73. The van der Waals surface area contributed by atoms with Gasteiger partial charge in [0.1, 0.15) is 0 Å². The minimum Gasteiger partial charge on any atom is -0.466 e. The molecule has 1 saturated heterocycles. The Bertz CT molecular complexity index is 524.